The summed E-state index contributed by atoms with van der Waals surface area (Å²) in [5.74, 6) is -0.401. The van der Waals surface area contributed by atoms with Gasteiger partial charge in [-0.3, -0.25) is 0 Å². The van der Waals surface area contributed by atoms with Crippen LogP contribution < -0.4 is 14.8 Å². The summed E-state index contributed by atoms with van der Waals surface area (Å²) < 4.78 is 57.6. The fraction of sp³-hybridized carbons (Fsp3) is 0.571. The van der Waals surface area contributed by atoms with E-state index in [4.69, 9.17) is 0 Å². The van der Waals surface area contributed by atoms with Crippen molar-refractivity contribution in [3.8, 4) is 11.5 Å². The molecule has 1 rings (SSSR count). The van der Waals surface area contributed by atoms with E-state index < -0.39 is 13.2 Å². The largest absolute Gasteiger partial charge is 0.435 e. The Labute approximate surface area is 121 Å². The summed E-state index contributed by atoms with van der Waals surface area (Å²) in [5, 5.41) is 3.18. The second-order valence-electron chi connectivity index (χ2n) is 5.12. The molecule has 0 aliphatic carbocycles. The smallest absolute Gasteiger partial charge is 0.387 e. The molecule has 0 aliphatic heterocycles. The Kier molecular flexibility index (Phi) is 6.26. The van der Waals surface area contributed by atoms with Crippen molar-refractivity contribution in [3.05, 3.63) is 23.8 Å². The van der Waals surface area contributed by atoms with Crippen LogP contribution in [0, 0.1) is 0 Å². The second kappa shape index (κ2) is 7.49. The molecule has 0 bridgehead atoms. The van der Waals surface area contributed by atoms with Gasteiger partial charge in [-0.2, -0.15) is 17.6 Å². The number of nitrogens with one attached hydrogen (secondary N) is 1. The van der Waals surface area contributed by atoms with Gasteiger partial charge in [0, 0.05) is 23.7 Å². The van der Waals surface area contributed by atoms with Crippen molar-refractivity contribution in [1.29, 1.82) is 0 Å². The first-order valence-electron chi connectivity index (χ1n) is 6.51. The minimum atomic E-state index is -3.04. The van der Waals surface area contributed by atoms with Crippen LogP contribution in [0.3, 0.4) is 0 Å². The summed E-state index contributed by atoms with van der Waals surface area (Å²) in [5.41, 5.74) is 0.263. The highest BCUT2D eigenvalue weighted by atomic mass is 19.3. The summed E-state index contributed by atoms with van der Waals surface area (Å²) in [7, 11) is 0. The maximum atomic E-state index is 12.4. The van der Waals surface area contributed by atoms with Crippen molar-refractivity contribution in [1.82, 2.24) is 5.32 Å². The van der Waals surface area contributed by atoms with Crippen molar-refractivity contribution >= 4 is 0 Å². The molecule has 0 unspecified atom stereocenters. The monoisotopic (exact) mass is 309 g/mol. The van der Waals surface area contributed by atoms with E-state index in [2.05, 4.69) is 14.8 Å². The lowest BCUT2D eigenvalue weighted by Gasteiger charge is -2.25. The molecule has 21 heavy (non-hydrogen) atoms. The molecule has 1 N–H and O–H groups in total. The van der Waals surface area contributed by atoms with Crippen LogP contribution in [0.1, 0.15) is 32.8 Å². The molecule has 0 amide bonds. The summed E-state index contributed by atoms with van der Waals surface area (Å²) >= 11 is 0. The van der Waals surface area contributed by atoms with Crippen LogP contribution in [0.2, 0.25) is 0 Å². The first kappa shape index (κ1) is 17.6. The molecule has 0 saturated heterocycles. The number of ether oxygens (including phenoxy) is 2. The summed E-state index contributed by atoms with van der Waals surface area (Å²) in [6, 6.07) is 3.75. The molecule has 0 spiro atoms. The van der Waals surface area contributed by atoms with Crippen molar-refractivity contribution in [2.45, 2.75) is 52.5 Å². The molecule has 0 atom stereocenters. The minimum absolute atomic E-state index is 0.178. The van der Waals surface area contributed by atoms with Crippen LogP contribution in [-0.4, -0.2) is 18.8 Å². The molecule has 0 heterocycles. The van der Waals surface area contributed by atoms with Gasteiger partial charge in [-0.05, 0) is 26.3 Å². The number of alkyl halides is 4. The third-order valence-corrected chi connectivity index (χ3v) is 3.12. The average Bonchev–Trinajstić information content (AvgIpc) is 2.36. The quantitative estimate of drug-likeness (QED) is 0.731. The van der Waals surface area contributed by atoms with Crippen molar-refractivity contribution in [3.63, 3.8) is 0 Å². The van der Waals surface area contributed by atoms with Crippen LogP contribution in [-0.2, 0) is 6.54 Å². The topological polar surface area (TPSA) is 30.5 Å². The first-order chi connectivity index (χ1) is 9.73. The Morgan fingerprint density at radius 1 is 1.10 bits per heavy atom. The van der Waals surface area contributed by atoms with Gasteiger partial charge in [0.05, 0.1) is 0 Å². The molecule has 0 saturated carbocycles. The molecule has 120 valence electrons. The fourth-order valence-electron chi connectivity index (χ4n) is 1.52. The second-order valence-corrected chi connectivity index (χ2v) is 5.12. The van der Waals surface area contributed by atoms with E-state index in [1.807, 2.05) is 20.8 Å². The molecule has 3 nitrogen and oxygen atoms in total. The predicted octanol–water partition coefficient (Wildman–Crippen LogP) is 4.17. The van der Waals surface area contributed by atoms with Gasteiger partial charge in [-0.25, -0.2) is 0 Å². The Hall–Kier alpha value is -1.50. The van der Waals surface area contributed by atoms with E-state index in [1.54, 1.807) is 0 Å². The van der Waals surface area contributed by atoms with Crippen molar-refractivity contribution in [2.24, 2.45) is 0 Å². The van der Waals surface area contributed by atoms with E-state index in [0.29, 0.717) is 5.56 Å². The molecule has 1 aromatic carbocycles. The number of hydrogen-bond acceptors (Lipinski definition) is 3. The molecular weight excluding hydrogens is 290 g/mol. The van der Waals surface area contributed by atoms with Crippen molar-refractivity contribution in [2.75, 3.05) is 0 Å². The summed E-state index contributed by atoms with van der Waals surface area (Å²) in [4.78, 5) is 0. The Morgan fingerprint density at radius 3 is 2.24 bits per heavy atom. The lowest BCUT2D eigenvalue weighted by molar-refractivity contribution is -0.0547. The van der Waals surface area contributed by atoms with Gasteiger partial charge in [0.25, 0.3) is 0 Å². The molecule has 0 aromatic heterocycles. The molecule has 0 fully saturated rings. The Morgan fingerprint density at radius 2 is 1.71 bits per heavy atom. The van der Waals surface area contributed by atoms with Gasteiger partial charge in [0.2, 0.25) is 0 Å². The number of benzene rings is 1. The van der Waals surface area contributed by atoms with Crippen LogP contribution in [0.4, 0.5) is 17.6 Å². The van der Waals surface area contributed by atoms with E-state index >= 15 is 0 Å². The number of rotatable bonds is 8. The zero-order chi connectivity index (χ0) is 16.0. The van der Waals surface area contributed by atoms with Gasteiger partial charge in [0.1, 0.15) is 11.5 Å². The minimum Gasteiger partial charge on any atom is -0.435 e. The number of halogens is 4. The van der Waals surface area contributed by atoms with E-state index in [-0.39, 0.29) is 23.6 Å². The van der Waals surface area contributed by atoms with Gasteiger partial charge in [-0.1, -0.05) is 13.0 Å². The van der Waals surface area contributed by atoms with Crippen LogP contribution in [0.15, 0.2) is 18.2 Å². The third-order valence-electron chi connectivity index (χ3n) is 3.12. The Bertz CT molecular complexity index is 453. The SMILES string of the molecule is CCC(C)(C)NCc1ccc(OC(F)F)cc1OC(F)F. The molecular formula is C14H19F4NO2. The Balaban J connectivity index is 2.90. The van der Waals surface area contributed by atoms with Gasteiger partial charge < -0.3 is 14.8 Å². The van der Waals surface area contributed by atoms with E-state index in [9.17, 15) is 17.6 Å². The van der Waals surface area contributed by atoms with Gasteiger partial charge in [0.15, 0.2) is 0 Å². The molecule has 0 aliphatic rings. The normalized spacial score (nSPS) is 12.0. The fourth-order valence-corrected chi connectivity index (χ4v) is 1.52. The number of hydrogen-bond donors (Lipinski definition) is 1. The lowest BCUT2D eigenvalue weighted by atomic mass is 10.0. The maximum Gasteiger partial charge on any atom is 0.387 e. The summed E-state index contributed by atoms with van der Waals surface area (Å²) in [6.07, 6.45) is 0.838. The molecule has 7 heteroatoms. The maximum absolute atomic E-state index is 12.4. The highest BCUT2D eigenvalue weighted by molar-refractivity contribution is 5.41. The highest BCUT2D eigenvalue weighted by Gasteiger charge is 2.17. The molecule has 0 radical (unpaired) electrons. The standard InChI is InChI=1S/C14H19F4NO2/c1-4-14(2,3)19-8-9-5-6-10(20-12(15)16)7-11(9)21-13(17)18/h5-7,12-13,19H,4,8H2,1-3H3. The van der Waals surface area contributed by atoms with Crippen LogP contribution in [0.25, 0.3) is 0 Å². The third kappa shape index (κ3) is 6.20. The predicted molar refractivity (Wildman–Crippen MR) is 70.9 cm³/mol. The lowest BCUT2D eigenvalue weighted by Crippen LogP contribution is -2.37. The van der Waals surface area contributed by atoms with E-state index in [0.717, 1.165) is 12.5 Å². The van der Waals surface area contributed by atoms with Crippen molar-refractivity contribution < 1.29 is 27.0 Å². The highest BCUT2D eigenvalue weighted by Crippen LogP contribution is 2.28. The zero-order valence-corrected chi connectivity index (χ0v) is 12.1. The molecule has 1 aromatic rings. The summed E-state index contributed by atoms with van der Waals surface area (Å²) in [6.45, 7) is 0.141. The average molecular weight is 309 g/mol. The van der Waals surface area contributed by atoms with Gasteiger partial charge in [-0.15, -0.1) is 0 Å². The van der Waals surface area contributed by atoms with Crippen LogP contribution in [0.5, 0.6) is 11.5 Å². The van der Waals surface area contributed by atoms with Gasteiger partial charge >= 0.3 is 13.2 Å². The zero-order valence-electron chi connectivity index (χ0n) is 12.1. The first-order valence-corrected chi connectivity index (χ1v) is 6.51. The van der Waals surface area contributed by atoms with Crippen LogP contribution >= 0.6 is 0 Å². The van der Waals surface area contributed by atoms with E-state index in [1.165, 1.54) is 12.1 Å².